The number of nitrogens with zero attached hydrogens (tertiary/aromatic N) is 3. The molecule has 0 unspecified atom stereocenters. The zero-order chi connectivity index (χ0) is 19.2. The van der Waals surface area contributed by atoms with Gasteiger partial charge in [0.1, 0.15) is 11.9 Å². The minimum atomic E-state index is -0.657. The number of nitrogens with one attached hydrogen (secondary N) is 2. The second-order valence-electron chi connectivity index (χ2n) is 6.75. The number of rotatable bonds is 5. The highest BCUT2D eigenvalue weighted by molar-refractivity contribution is 6.00. The Kier molecular flexibility index (Phi) is 6.03. The summed E-state index contributed by atoms with van der Waals surface area (Å²) in [5.41, 5.74) is 1.13. The summed E-state index contributed by atoms with van der Waals surface area (Å²) in [6, 6.07) is 11.9. The summed E-state index contributed by atoms with van der Waals surface area (Å²) in [5.74, 6) is 0.349. The number of piperazine rings is 1. The third kappa shape index (κ3) is 5.04. The highest BCUT2D eigenvalue weighted by atomic mass is 16.2. The van der Waals surface area contributed by atoms with Crippen molar-refractivity contribution in [2.45, 2.75) is 13.0 Å². The Morgan fingerprint density at radius 1 is 1.04 bits per heavy atom. The van der Waals surface area contributed by atoms with Gasteiger partial charge in [-0.2, -0.15) is 0 Å². The van der Waals surface area contributed by atoms with Gasteiger partial charge in [-0.15, -0.1) is 0 Å². The molecular weight excluding hydrogens is 342 g/mol. The van der Waals surface area contributed by atoms with Crippen LogP contribution in [0.5, 0.6) is 0 Å². The van der Waals surface area contributed by atoms with E-state index in [0.717, 1.165) is 32.0 Å². The monoisotopic (exact) mass is 367 g/mol. The predicted octanol–water partition coefficient (Wildman–Crippen LogP) is 1.59. The fourth-order valence-corrected chi connectivity index (χ4v) is 2.87. The van der Waals surface area contributed by atoms with Crippen molar-refractivity contribution in [3.63, 3.8) is 0 Å². The van der Waals surface area contributed by atoms with Gasteiger partial charge in [0.25, 0.3) is 5.91 Å². The average Bonchev–Trinajstić information content (AvgIpc) is 2.70. The molecule has 1 aliphatic rings. The van der Waals surface area contributed by atoms with E-state index >= 15 is 0 Å². The van der Waals surface area contributed by atoms with Crippen LogP contribution >= 0.6 is 0 Å². The summed E-state index contributed by atoms with van der Waals surface area (Å²) in [6.45, 7) is 5.56. The van der Waals surface area contributed by atoms with Crippen LogP contribution in [0, 0.1) is 0 Å². The Labute approximate surface area is 159 Å². The van der Waals surface area contributed by atoms with Crippen molar-refractivity contribution in [3.8, 4) is 0 Å². The first-order valence-electron chi connectivity index (χ1n) is 9.09. The number of hydrogen-bond acceptors (Lipinski definition) is 5. The molecule has 1 saturated heterocycles. The van der Waals surface area contributed by atoms with Crippen molar-refractivity contribution in [1.29, 1.82) is 0 Å². The molecule has 0 saturated carbocycles. The number of anilines is 2. The standard InChI is InChI=1S/C20H25N5O2/c1-15(22-20(27)16-6-4-3-5-7-16)19(26)23-17-8-9-18(21-14-17)25-12-10-24(2)11-13-25/h3-9,14-15H,10-13H2,1-2H3,(H,22,27)(H,23,26)/t15-/m1/s1. The molecule has 1 fully saturated rings. The zero-order valence-corrected chi connectivity index (χ0v) is 15.7. The third-order valence-electron chi connectivity index (χ3n) is 4.62. The number of amides is 2. The number of benzene rings is 1. The third-order valence-corrected chi connectivity index (χ3v) is 4.62. The topological polar surface area (TPSA) is 77.6 Å². The van der Waals surface area contributed by atoms with Crippen molar-refractivity contribution >= 4 is 23.3 Å². The van der Waals surface area contributed by atoms with Crippen LogP contribution in [-0.4, -0.2) is 61.0 Å². The van der Waals surface area contributed by atoms with Crippen LogP contribution in [0.2, 0.25) is 0 Å². The van der Waals surface area contributed by atoms with E-state index in [2.05, 4.69) is 32.5 Å². The van der Waals surface area contributed by atoms with Gasteiger partial charge < -0.3 is 20.4 Å². The lowest BCUT2D eigenvalue weighted by molar-refractivity contribution is -0.117. The lowest BCUT2D eigenvalue weighted by Gasteiger charge is -2.33. The number of hydrogen-bond donors (Lipinski definition) is 2. The fourth-order valence-electron chi connectivity index (χ4n) is 2.87. The lowest BCUT2D eigenvalue weighted by Crippen LogP contribution is -2.44. The van der Waals surface area contributed by atoms with Crippen molar-refractivity contribution in [1.82, 2.24) is 15.2 Å². The van der Waals surface area contributed by atoms with Gasteiger partial charge in [-0.25, -0.2) is 4.98 Å². The first-order valence-corrected chi connectivity index (χ1v) is 9.09. The molecule has 27 heavy (non-hydrogen) atoms. The van der Waals surface area contributed by atoms with Crippen LogP contribution in [0.1, 0.15) is 17.3 Å². The number of carbonyl (C=O) groups excluding carboxylic acids is 2. The van der Waals surface area contributed by atoms with Crippen LogP contribution < -0.4 is 15.5 Å². The molecule has 7 nitrogen and oxygen atoms in total. The van der Waals surface area contributed by atoms with E-state index in [9.17, 15) is 9.59 Å². The summed E-state index contributed by atoms with van der Waals surface area (Å²) in [6.07, 6.45) is 1.65. The SMILES string of the molecule is C[C@@H](NC(=O)c1ccccc1)C(=O)Nc1ccc(N2CCN(C)CC2)nc1. The number of aromatic nitrogens is 1. The number of pyridine rings is 1. The predicted molar refractivity (Wildman–Crippen MR) is 106 cm³/mol. The molecule has 1 aromatic carbocycles. The Morgan fingerprint density at radius 2 is 1.74 bits per heavy atom. The second kappa shape index (κ2) is 8.64. The summed E-state index contributed by atoms with van der Waals surface area (Å²) in [4.78, 5) is 33.4. The van der Waals surface area contributed by atoms with Crippen LogP contribution in [0.4, 0.5) is 11.5 Å². The minimum absolute atomic E-state index is 0.276. The molecule has 1 aromatic heterocycles. The van der Waals surface area contributed by atoms with E-state index in [1.807, 2.05) is 18.2 Å². The number of likely N-dealkylation sites (N-methyl/N-ethyl adjacent to an activating group) is 1. The normalized spacial score (nSPS) is 15.9. The van der Waals surface area contributed by atoms with E-state index in [4.69, 9.17) is 0 Å². The Morgan fingerprint density at radius 3 is 2.37 bits per heavy atom. The molecule has 0 spiro atoms. The van der Waals surface area contributed by atoms with E-state index in [1.54, 1.807) is 37.4 Å². The molecule has 3 rings (SSSR count). The largest absolute Gasteiger partial charge is 0.354 e. The smallest absolute Gasteiger partial charge is 0.251 e. The fraction of sp³-hybridized carbons (Fsp3) is 0.350. The van der Waals surface area contributed by atoms with Gasteiger partial charge >= 0.3 is 0 Å². The second-order valence-corrected chi connectivity index (χ2v) is 6.75. The van der Waals surface area contributed by atoms with Gasteiger partial charge in [0, 0.05) is 31.7 Å². The molecule has 142 valence electrons. The van der Waals surface area contributed by atoms with Crippen molar-refractivity contribution in [2.24, 2.45) is 0 Å². The molecule has 2 aromatic rings. The van der Waals surface area contributed by atoms with Gasteiger partial charge in [0.2, 0.25) is 5.91 Å². The highest BCUT2D eigenvalue weighted by Crippen LogP contribution is 2.16. The molecule has 0 bridgehead atoms. The van der Waals surface area contributed by atoms with Crippen molar-refractivity contribution in [2.75, 3.05) is 43.4 Å². The summed E-state index contributed by atoms with van der Waals surface area (Å²) in [5, 5.41) is 5.49. The molecule has 0 radical (unpaired) electrons. The van der Waals surface area contributed by atoms with Gasteiger partial charge in [0.15, 0.2) is 0 Å². The Balaban J connectivity index is 1.53. The molecule has 1 aliphatic heterocycles. The lowest BCUT2D eigenvalue weighted by atomic mass is 10.2. The first kappa shape index (κ1) is 18.8. The van der Waals surface area contributed by atoms with E-state index in [1.165, 1.54) is 0 Å². The van der Waals surface area contributed by atoms with Crippen LogP contribution in [0.15, 0.2) is 48.7 Å². The molecule has 2 N–H and O–H groups in total. The maximum atomic E-state index is 12.3. The van der Waals surface area contributed by atoms with Crippen molar-refractivity contribution < 1.29 is 9.59 Å². The van der Waals surface area contributed by atoms with E-state index in [0.29, 0.717) is 11.3 Å². The molecule has 0 aliphatic carbocycles. The van der Waals surface area contributed by atoms with Crippen LogP contribution in [0.3, 0.4) is 0 Å². The summed E-state index contributed by atoms with van der Waals surface area (Å²) >= 11 is 0. The molecule has 1 atom stereocenters. The summed E-state index contributed by atoms with van der Waals surface area (Å²) in [7, 11) is 2.11. The maximum Gasteiger partial charge on any atom is 0.251 e. The maximum absolute atomic E-state index is 12.3. The Bertz CT molecular complexity index is 771. The van der Waals surface area contributed by atoms with Gasteiger partial charge in [-0.1, -0.05) is 18.2 Å². The van der Waals surface area contributed by atoms with Gasteiger partial charge in [0.05, 0.1) is 11.9 Å². The van der Waals surface area contributed by atoms with Gasteiger partial charge in [-0.05, 0) is 38.2 Å². The van der Waals surface area contributed by atoms with Gasteiger partial charge in [-0.3, -0.25) is 9.59 Å². The zero-order valence-electron chi connectivity index (χ0n) is 15.7. The first-order chi connectivity index (χ1) is 13.0. The molecule has 2 heterocycles. The van der Waals surface area contributed by atoms with E-state index in [-0.39, 0.29) is 11.8 Å². The van der Waals surface area contributed by atoms with Crippen LogP contribution in [-0.2, 0) is 4.79 Å². The van der Waals surface area contributed by atoms with Crippen molar-refractivity contribution in [3.05, 3.63) is 54.2 Å². The molecule has 2 amide bonds. The van der Waals surface area contributed by atoms with E-state index < -0.39 is 6.04 Å². The molecular formula is C20H25N5O2. The highest BCUT2D eigenvalue weighted by Gasteiger charge is 2.18. The Hall–Kier alpha value is -2.93. The quantitative estimate of drug-likeness (QED) is 0.839. The summed E-state index contributed by atoms with van der Waals surface area (Å²) < 4.78 is 0. The van der Waals surface area contributed by atoms with Crippen LogP contribution in [0.25, 0.3) is 0 Å². The molecule has 7 heteroatoms. The minimum Gasteiger partial charge on any atom is -0.354 e. The number of carbonyl (C=O) groups is 2. The average molecular weight is 367 g/mol.